The summed E-state index contributed by atoms with van der Waals surface area (Å²) in [6, 6.07) is -0.822. The van der Waals surface area contributed by atoms with E-state index in [1.807, 2.05) is 0 Å². The van der Waals surface area contributed by atoms with Crippen molar-refractivity contribution in [3.63, 3.8) is 0 Å². The van der Waals surface area contributed by atoms with Crippen molar-refractivity contribution in [1.29, 1.82) is 0 Å². The number of nitrogens with one attached hydrogen (secondary N) is 2. The van der Waals surface area contributed by atoms with Crippen molar-refractivity contribution in [2.24, 2.45) is 0 Å². The van der Waals surface area contributed by atoms with Gasteiger partial charge < -0.3 is 15.5 Å². The van der Waals surface area contributed by atoms with Crippen LogP contribution in [0.1, 0.15) is 12.8 Å². The maximum atomic E-state index is 12.1. The summed E-state index contributed by atoms with van der Waals surface area (Å²) in [6.07, 6.45) is -3.99. The van der Waals surface area contributed by atoms with Crippen molar-refractivity contribution in [1.82, 2.24) is 15.5 Å². The Balaban J connectivity index is 2.42. The number of rotatable bonds is 5. The topological polar surface area (TPSA) is 61.4 Å². The fourth-order valence-corrected chi connectivity index (χ4v) is 1.75. The first kappa shape index (κ1) is 14.7. The number of likely N-dealkylation sites (tertiary alicyclic amines) is 1. The van der Waals surface area contributed by atoms with E-state index in [1.54, 1.807) is 7.05 Å². The van der Waals surface area contributed by atoms with Gasteiger partial charge in [0.25, 0.3) is 0 Å². The van der Waals surface area contributed by atoms with Crippen LogP contribution in [0.3, 0.4) is 0 Å². The van der Waals surface area contributed by atoms with Gasteiger partial charge >= 0.3 is 6.18 Å². The molecule has 1 heterocycles. The summed E-state index contributed by atoms with van der Waals surface area (Å²) in [5.74, 6) is -0.998. The molecule has 1 atom stereocenters. The number of carbonyl (C=O) groups is 2. The first-order chi connectivity index (χ1) is 8.33. The first-order valence-corrected chi connectivity index (χ1v) is 5.63. The van der Waals surface area contributed by atoms with Gasteiger partial charge in [-0.15, -0.1) is 0 Å². The number of hydrogen-bond donors (Lipinski definition) is 2. The lowest BCUT2D eigenvalue weighted by molar-refractivity contribution is -0.158. The average molecular weight is 267 g/mol. The van der Waals surface area contributed by atoms with Gasteiger partial charge in [-0.2, -0.15) is 13.2 Å². The van der Waals surface area contributed by atoms with E-state index < -0.39 is 24.7 Å². The van der Waals surface area contributed by atoms with Crippen LogP contribution < -0.4 is 10.6 Å². The molecule has 2 amide bonds. The Bertz CT molecular complexity index is 320. The molecule has 0 aromatic rings. The average Bonchev–Trinajstić information content (AvgIpc) is 2.57. The number of amides is 2. The van der Waals surface area contributed by atoms with Crippen LogP contribution in [0.25, 0.3) is 0 Å². The fraction of sp³-hybridized carbons (Fsp3) is 0.800. The lowest BCUT2D eigenvalue weighted by Gasteiger charge is -2.18. The van der Waals surface area contributed by atoms with Crippen LogP contribution in [0.5, 0.6) is 0 Å². The lowest BCUT2D eigenvalue weighted by Crippen LogP contribution is -2.44. The minimum atomic E-state index is -4.40. The van der Waals surface area contributed by atoms with E-state index in [1.165, 1.54) is 0 Å². The highest BCUT2D eigenvalue weighted by Crippen LogP contribution is 2.20. The molecule has 1 unspecified atom stereocenters. The van der Waals surface area contributed by atoms with Crippen LogP contribution in [-0.4, -0.2) is 55.6 Å². The minimum Gasteiger partial charge on any atom is -0.344 e. The highest BCUT2D eigenvalue weighted by molar-refractivity contribution is 5.89. The minimum absolute atomic E-state index is 0.0231. The Labute approximate surface area is 103 Å². The van der Waals surface area contributed by atoms with Gasteiger partial charge in [-0.1, -0.05) is 0 Å². The molecule has 0 radical (unpaired) electrons. The molecule has 0 bridgehead atoms. The van der Waals surface area contributed by atoms with Gasteiger partial charge in [0.05, 0.1) is 0 Å². The van der Waals surface area contributed by atoms with Crippen molar-refractivity contribution >= 4 is 11.8 Å². The van der Waals surface area contributed by atoms with Crippen molar-refractivity contribution in [3.8, 4) is 0 Å². The van der Waals surface area contributed by atoms with E-state index in [0.717, 1.165) is 4.90 Å². The van der Waals surface area contributed by atoms with Crippen LogP contribution >= 0.6 is 0 Å². The predicted molar refractivity (Wildman–Crippen MR) is 57.7 cm³/mol. The van der Waals surface area contributed by atoms with Crippen LogP contribution in [0.15, 0.2) is 0 Å². The summed E-state index contributed by atoms with van der Waals surface area (Å²) in [5.41, 5.74) is 0. The molecule has 0 saturated carbocycles. The molecular formula is C10H16F3N3O2. The summed E-state index contributed by atoms with van der Waals surface area (Å²) in [5, 5.41) is 5.21. The molecule has 1 aliphatic heterocycles. The van der Waals surface area contributed by atoms with Gasteiger partial charge in [-0.25, -0.2) is 0 Å². The second-order valence-electron chi connectivity index (χ2n) is 4.14. The van der Waals surface area contributed by atoms with Crippen LogP contribution in [0.4, 0.5) is 13.2 Å². The van der Waals surface area contributed by atoms with E-state index >= 15 is 0 Å². The Morgan fingerprint density at radius 3 is 2.72 bits per heavy atom. The van der Waals surface area contributed by atoms with Crippen molar-refractivity contribution in [2.45, 2.75) is 25.1 Å². The van der Waals surface area contributed by atoms with Crippen LogP contribution in [-0.2, 0) is 9.59 Å². The predicted octanol–water partition coefficient (Wildman–Crippen LogP) is -0.125. The van der Waals surface area contributed by atoms with Crippen molar-refractivity contribution in [3.05, 3.63) is 0 Å². The fourth-order valence-electron chi connectivity index (χ4n) is 1.75. The van der Waals surface area contributed by atoms with Gasteiger partial charge in [-0.3, -0.25) is 9.59 Å². The number of hydrogen-bond acceptors (Lipinski definition) is 3. The monoisotopic (exact) mass is 267 g/mol. The molecule has 1 fully saturated rings. The molecule has 104 valence electrons. The molecular weight excluding hydrogens is 251 g/mol. The molecule has 0 spiro atoms. The quantitative estimate of drug-likeness (QED) is 0.730. The van der Waals surface area contributed by atoms with Gasteiger partial charge in [0.15, 0.2) is 0 Å². The molecule has 0 aromatic carbocycles. The van der Waals surface area contributed by atoms with Crippen molar-refractivity contribution in [2.75, 3.05) is 26.7 Å². The number of nitrogens with zero attached hydrogens (tertiary/aromatic N) is 1. The lowest BCUT2D eigenvalue weighted by atomic mass is 10.2. The third-order valence-electron chi connectivity index (χ3n) is 2.60. The summed E-state index contributed by atoms with van der Waals surface area (Å²) in [6.45, 7) is -0.775. The smallest absolute Gasteiger partial charge is 0.344 e. The van der Waals surface area contributed by atoms with E-state index in [4.69, 9.17) is 0 Å². The van der Waals surface area contributed by atoms with Crippen LogP contribution in [0, 0.1) is 0 Å². The molecule has 18 heavy (non-hydrogen) atoms. The van der Waals surface area contributed by atoms with Crippen LogP contribution in [0.2, 0.25) is 0 Å². The summed E-state index contributed by atoms with van der Waals surface area (Å²) >= 11 is 0. The van der Waals surface area contributed by atoms with E-state index in [-0.39, 0.29) is 25.3 Å². The molecule has 1 rings (SSSR count). The largest absolute Gasteiger partial charge is 0.406 e. The molecule has 8 heteroatoms. The third-order valence-corrected chi connectivity index (χ3v) is 2.60. The molecule has 2 N–H and O–H groups in total. The Morgan fingerprint density at radius 1 is 1.50 bits per heavy atom. The number of halogens is 3. The van der Waals surface area contributed by atoms with Gasteiger partial charge in [-0.05, 0) is 13.5 Å². The molecule has 1 aliphatic rings. The maximum Gasteiger partial charge on any atom is 0.406 e. The number of alkyl halides is 3. The molecule has 0 aromatic heterocycles. The third kappa shape index (κ3) is 4.52. The Hall–Kier alpha value is -1.31. The van der Waals surface area contributed by atoms with E-state index in [9.17, 15) is 22.8 Å². The Kier molecular flexibility index (Phi) is 4.94. The highest BCUT2D eigenvalue weighted by Gasteiger charge is 2.39. The zero-order chi connectivity index (χ0) is 13.8. The van der Waals surface area contributed by atoms with Gasteiger partial charge in [0.1, 0.15) is 12.6 Å². The van der Waals surface area contributed by atoms with Gasteiger partial charge in [0.2, 0.25) is 11.8 Å². The van der Waals surface area contributed by atoms with Gasteiger partial charge in [0, 0.05) is 19.5 Å². The highest BCUT2D eigenvalue weighted by atomic mass is 19.4. The van der Waals surface area contributed by atoms with E-state index in [2.05, 4.69) is 10.6 Å². The first-order valence-electron chi connectivity index (χ1n) is 5.63. The summed E-state index contributed by atoms with van der Waals surface area (Å²) in [4.78, 5) is 23.7. The summed E-state index contributed by atoms with van der Waals surface area (Å²) < 4.78 is 36.4. The Morgan fingerprint density at radius 2 is 2.17 bits per heavy atom. The standard InChI is InChI=1S/C10H16F3N3O2/c1-14-4-2-8(17)15-7-3-5-16(9(7)18)6-10(11,12)13/h7,14H,2-6H2,1H3,(H,15,17). The van der Waals surface area contributed by atoms with E-state index in [0.29, 0.717) is 6.54 Å². The normalized spacial score (nSPS) is 20.3. The SMILES string of the molecule is CNCCC(=O)NC1CCN(CC(F)(F)F)C1=O. The van der Waals surface area contributed by atoms with Crippen molar-refractivity contribution < 1.29 is 22.8 Å². The molecule has 1 saturated heterocycles. The molecule has 5 nitrogen and oxygen atoms in total. The second kappa shape index (κ2) is 6.03. The summed E-state index contributed by atoms with van der Waals surface area (Å²) in [7, 11) is 1.68. The number of carbonyl (C=O) groups excluding carboxylic acids is 2. The second-order valence-corrected chi connectivity index (χ2v) is 4.14. The zero-order valence-electron chi connectivity index (χ0n) is 10.0. The molecule has 0 aliphatic carbocycles. The zero-order valence-corrected chi connectivity index (χ0v) is 10.0. The maximum absolute atomic E-state index is 12.1.